The number of nitrogens with one attached hydrogen (secondary N) is 2. The molecule has 5 nitrogen and oxygen atoms in total. The molecule has 2 N–H and O–H groups in total. The molecule has 0 fully saturated rings. The Labute approximate surface area is 145 Å². The van der Waals surface area contributed by atoms with Crippen molar-refractivity contribution in [3.05, 3.63) is 65.5 Å². The maximum absolute atomic E-state index is 13.7. The Morgan fingerprint density at radius 3 is 2.48 bits per heavy atom. The van der Waals surface area contributed by atoms with Gasteiger partial charge in [0.05, 0.1) is 17.2 Å². The van der Waals surface area contributed by atoms with Crippen LogP contribution in [0.5, 0.6) is 0 Å². The van der Waals surface area contributed by atoms with Crippen LogP contribution in [0.25, 0.3) is 0 Å². The van der Waals surface area contributed by atoms with Crippen LogP contribution in [0.15, 0.2) is 48.5 Å². The summed E-state index contributed by atoms with van der Waals surface area (Å²) in [5.41, 5.74) is 0.747. The van der Waals surface area contributed by atoms with Crippen molar-refractivity contribution >= 4 is 17.5 Å². The van der Waals surface area contributed by atoms with Gasteiger partial charge in [0.15, 0.2) is 0 Å². The smallest absolute Gasteiger partial charge is 0.254 e. The van der Waals surface area contributed by atoms with E-state index in [9.17, 15) is 14.0 Å². The first-order valence-corrected chi connectivity index (χ1v) is 7.78. The summed E-state index contributed by atoms with van der Waals surface area (Å²) in [5, 5.41) is 14.1. The molecule has 2 aromatic rings. The second-order valence-corrected chi connectivity index (χ2v) is 5.86. The topological polar surface area (TPSA) is 82.0 Å². The van der Waals surface area contributed by atoms with Gasteiger partial charge in [0.1, 0.15) is 11.9 Å². The quantitative estimate of drug-likeness (QED) is 0.878. The Bertz CT molecular complexity index is 827. The van der Waals surface area contributed by atoms with Crippen LogP contribution in [-0.2, 0) is 4.79 Å². The molecule has 0 spiro atoms. The average Bonchev–Trinajstić information content (AvgIpc) is 2.59. The summed E-state index contributed by atoms with van der Waals surface area (Å²) in [6.45, 7) is 3.55. The zero-order valence-corrected chi connectivity index (χ0v) is 13.9. The second kappa shape index (κ2) is 8.06. The zero-order valence-electron chi connectivity index (χ0n) is 13.9. The SMILES string of the molecule is CC(C)[C@@H](NC(=O)c1ccccc1F)C(=O)Nc1cccc(C#N)c1. The molecule has 6 heteroatoms. The second-order valence-electron chi connectivity index (χ2n) is 5.86. The molecule has 25 heavy (non-hydrogen) atoms. The van der Waals surface area contributed by atoms with Gasteiger partial charge in [0.2, 0.25) is 5.91 Å². The van der Waals surface area contributed by atoms with Crippen LogP contribution in [0.4, 0.5) is 10.1 Å². The molecular weight excluding hydrogens is 321 g/mol. The van der Waals surface area contributed by atoms with Gasteiger partial charge in [0, 0.05) is 5.69 Å². The van der Waals surface area contributed by atoms with Crippen molar-refractivity contribution in [2.24, 2.45) is 5.92 Å². The first-order chi connectivity index (χ1) is 11.9. The first-order valence-electron chi connectivity index (χ1n) is 7.78. The molecule has 1 atom stereocenters. The summed E-state index contributed by atoms with van der Waals surface area (Å²) in [6.07, 6.45) is 0. The van der Waals surface area contributed by atoms with E-state index in [0.717, 1.165) is 0 Å². The van der Waals surface area contributed by atoms with Gasteiger partial charge in [-0.25, -0.2) is 4.39 Å². The molecular formula is C19H18FN3O2. The van der Waals surface area contributed by atoms with Gasteiger partial charge in [-0.05, 0) is 36.2 Å². The molecule has 0 unspecified atom stereocenters. The highest BCUT2D eigenvalue weighted by molar-refractivity contribution is 6.01. The monoisotopic (exact) mass is 339 g/mol. The van der Waals surface area contributed by atoms with Crippen molar-refractivity contribution in [3.63, 3.8) is 0 Å². The molecule has 2 rings (SSSR count). The lowest BCUT2D eigenvalue weighted by molar-refractivity contribution is -0.118. The van der Waals surface area contributed by atoms with Gasteiger partial charge in [-0.1, -0.05) is 32.0 Å². The first kappa shape index (κ1) is 18.1. The lowest BCUT2D eigenvalue weighted by Crippen LogP contribution is -2.47. The van der Waals surface area contributed by atoms with Crippen molar-refractivity contribution < 1.29 is 14.0 Å². The summed E-state index contributed by atoms with van der Waals surface area (Å²) in [5.74, 6) is -1.95. The Balaban J connectivity index is 2.14. The molecule has 0 radical (unpaired) electrons. The Hall–Kier alpha value is -3.20. The van der Waals surface area contributed by atoms with E-state index in [1.54, 1.807) is 38.1 Å². The van der Waals surface area contributed by atoms with E-state index in [1.165, 1.54) is 24.3 Å². The Morgan fingerprint density at radius 1 is 1.12 bits per heavy atom. The molecule has 0 aromatic heterocycles. The van der Waals surface area contributed by atoms with Crippen molar-refractivity contribution in [2.75, 3.05) is 5.32 Å². The highest BCUT2D eigenvalue weighted by atomic mass is 19.1. The van der Waals surface area contributed by atoms with Gasteiger partial charge in [0.25, 0.3) is 5.91 Å². The fraction of sp³-hybridized carbons (Fsp3) is 0.211. The number of carbonyl (C=O) groups is 2. The van der Waals surface area contributed by atoms with Crippen LogP contribution in [0, 0.1) is 23.1 Å². The number of hydrogen-bond acceptors (Lipinski definition) is 3. The van der Waals surface area contributed by atoms with E-state index in [0.29, 0.717) is 11.3 Å². The molecule has 0 bridgehead atoms. The van der Waals surface area contributed by atoms with Crippen LogP contribution in [0.2, 0.25) is 0 Å². The van der Waals surface area contributed by atoms with Crippen LogP contribution in [-0.4, -0.2) is 17.9 Å². The summed E-state index contributed by atoms with van der Waals surface area (Å²) in [6, 6.07) is 13.2. The summed E-state index contributed by atoms with van der Waals surface area (Å²) in [7, 11) is 0. The molecule has 128 valence electrons. The fourth-order valence-electron chi connectivity index (χ4n) is 2.29. The molecule has 2 amide bonds. The van der Waals surface area contributed by atoms with Gasteiger partial charge in [-0.3, -0.25) is 9.59 Å². The molecule has 0 saturated heterocycles. The summed E-state index contributed by atoms with van der Waals surface area (Å²) in [4.78, 5) is 24.8. The molecule has 2 aromatic carbocycles. The number of hydrogen-bond donors (Lipinski definition) is 2. The predicted octanol–water partition coefficient (Wildman–Crippen LogP) is 3.09. The van der Waals surface area contributed by atoms with Crippen LogP contribution in [0.1, 0.15) is 29.8 Å². The van der Waals surface area contributed by atoms with Crippen molar-refractivity contribution in [2.45, 2.75) is 19.9 Å². The molecule has 0 aliphatic rings. The Morgan fingerprint density at radius 2 is 1.84 bits per heavy atom. The van der Waals surface area contributed by atoms with Gasteiger partial charge < -0.3 is 10.6 Å². The van der Waals surface area contributed by atoms with E-state index in [4.69, 9.17) is 5.26 Å². The number of halogens is 1. The van der Waals surface area contributed by atoms with E-state index in [1.807, 2.05) is 6.07 Å². The van der Waals surface area contributed by atoms with Crippen molar-refractivity contribution in [3.8, 4) is 6.07 Å². The van der Waals surface area contributed by atoms with Gasteiger partial charge >= 0.3 is 0 Å². The third-order valence-corrected chi connectivity index (χ3v) is 3.61. The van der Waals surface area contributed by atoms with Gasteiger partial charge in [-0.2, -0.15) is 5.26 Å². The maximum Gasteiger partial charge on any atom is 0.254 e. The van der Waals surface area contributed by atoms with Gasteiger partial charge in [-0.15, -0.1) is 0 Å². The van der Waals surface area contributed by atoms with Crippen LogP contribution in [0.3, 0.4) is 0 Å². The summed E-state index contributed by atoms with van der Waals surface area (Å²) < 4.78 is 13.7. The fourth-order valence-corrected chi connectivity index (χ4v) is 2.29. The number of amides is 2. The largest absolute Gasteiger partial charge is 0.340 e. The number of benzene rings is 2. The summed E-state index contributed by atoms with van der Waals surface area (Å²) >= 11 is 0. The highest BCUT2D eigenvalue weighted by Gasteiger charge is 2.25. The molecule has 0 heterocycles. The van der Waals surface area contributed by atoms with E-state index >= 15 is 0 Å². The minimum Gasteiger partial charge on any atom is -0.340 e. The van der Waals surface area contributed by atoms with E-state index in [-0.39, 0.29) is 11.5 Å². The number of anilines is 1. The molecule has 0 aliphatic heterocycles. The number of nitriles is 1. The Kier molecular flexibility index (Phi) is 5.85. The predicted molar refractivity (Wildman–Crippen MR) is 92.3 cm³/mol. The van der Waals surface area contributed by atoms with Crippen molar-refractivity contribution in [1.82, 2.24) is 5.32 Å². The molecule has 0 saturated carbocycles. The number of nitrogens with zero attached hydrogens (tertiary/aromatic N) is 1. The van der Waals surface area contributed by atoms with Crippen LogP contribution < -0.4 is 10.6 Å². The standard InChI is InChI=1S/C19H18FN3O2/c1-12(2)17(23-18(24)15-8-3-4-9-16(15)20)19(25)22-14-7-5-6-13(10-14)11-21/h3-10,12,17H,1-2H3,(H,22,25)(H,23,24)/t17-/m1/s1. The van der Waals surface area contributed by atoms with E-state index in [2.05, 4.69) is 10.6 Å². The van der Waals surface area contributed by atoms with Crippen LogP contribution >= 0.6 is 0 Å². The average molecular weight is 339 g/mol. The maximum atomic E-state index is 13.7. The zero-order chi connectivity index (χ0) is 18.4. The minimum atomic E-state index is -0.849. The lowest BCUT2D eigenvalue weighted by atomic mass is 10.0. The lowest BCUT2D eigenvalue weighted by Gasteiger charge is -2.22. The minimum absolute atomic E-state index is 0.118. The normalized spacial score (nSPS) is 11.5. The highest BCUT2D eigenvalue weighted by Crippen LogP contribution is 2.13. The number of carbonyl (C=O) groups excluding carboxylic acids is 2. The third-order valence-electron chi connectivity index (χ3n) is 3.61. The molecule has 0 aliphatic carbocycles. The van der Waals surface area contributed by atoms with E-state index < -0.39 is 23.7 Å². The third kappa shape index (κ3) is 4.64. The number of rotatable bonds is 5. The van der Waals surface area contributed by atoms with Crippen molar-refractivity contribution in [1.29, 1.82) is 5.26 Å².